The van der Waals surface area contributed by atoms with Gasteiger partial charge in [0.1, 0.15) is 0 Å². The average Bonchev–Trinajstić information content (AvgIpc) is 2.59. The number of benzene rings is 1. The van der Waals surface area contributed by atoms with Crippen LogP contribution in [0.25, 0.3) is 0 Å². The fourth-order valence-electron chi connectivity index (χ4n) is 1.81. The molecule has 0 aliphatic heterocycles. The minimum absolute atomic E-state index is 0.0473. The van der Waals surface area contributed by atoms with Gasteiger partial charge in [-0.3, -0.25) is 14.9 Å². The minimum atomic E-state index is -0.984. The highest BCUT2D eigenvalue weighted by Gasteiger charge is 2.20. The fraction of sp³-hybridized carbons (Fsp3) is 0.333. The Bertz CT molecular complexity index is 735. The summed E-state index contributed by atoms with van der Waals surface area (Å²) < 4.78 is 4.84. The third-order valence-corrected chi connectivity index (χ3v) is 3.38. The van der Waals surface area contributed by atoms with Crippen molar-refractivity contribution in [2.24, 2.45) is 0 Å². The van der Waals surface area contributed by atoms with Gasteiger partial charge < -0.3 is 9.64 Å². The first-order valence-corrected chi connectivity index (χ1v) is 7.41. The second-order valence-corrected chi connectivity index (χ2v) is 5.10. The first kappa shape index (κ1) is 19.9. The van der Waals surface area contributed by atoms with E-state index in [4.69, 9.17) is 26.9 Å². The number of rotatable bonds is 8. The summed E-state index contributed by atoms with van der Waals surface area (Å²) >= 11 is 5.82. The summed E-state index contributed by atoms with van der Waals surface area (Å²) in [6.07, 6.45) is 0.143. The molecule has 0 aliphatic rings. The number of nitro groups is 1. The quantitative estimate of drug-likeness (QED) is 0.391. The summed E-state index contributed by atoms with van der Waals surface area (Å²) in [5.41, 5.74) is -0.573. The van der Waals surface area contributed by atoms with Crippen LogP contribution in [0.5, 0.6) is 0 Å². The van der Waals surface area contributed by atoms with Crippen LogP contribution in [0.4, 0.5) is 5.69 Å². The van der Waals surface area contributed by atoms with Crippen molar-refractivity contribution in [1.29, 1.82) is 10.5 Å². The highest BCUT2D eigenvalue weighted by Crippen LogP contribution is 2.22. The van der Waals surface area contributed by atoms with Gasteiger partial charge in [0.25, 0.3) is 11.6 Å². The number of esters is 1. The molecule has 0 spiro atoms. The number of non-ortho nitro benzene ring substituents is 1. The Morgan fingerprint density at radius 2 is 1.84 bits per heavy atom. The third kappa shape index (κ3) is 6.09. The number of nitriles is 2. The Morgan fingerprint density at radius 1 is 1.24 bits per heavy atom. The van der Waals surface area contributed by atoms with E-state index in [0.29, 0.717) is 0 Å². The van der Waals surface area contributed by atoms with E-state index in [1.54, 1.807) is 0 Å². The van der Waals surface area contributed by atoms with Crippen LogP contribution in [0, 0.1) is 32.8 Å². The van der Waals surface area contributed by atoms with Crippen LogP contribution in [-0.2, 0) is 9.53 Å². The molecule has 1 aromatic rings. The number of nitro benzene ring substituents is 1. The van der Waals surface area contributed by atoms with Gasteiger partial charge in [-0.05, 0) is 6.07 Å². The Morgan fingerprint density at radius 3 is 2.36 bits per heavy atom. The van der Waals surface area contributed by atoms with Crippen molar-refractivity contribution in [2.45, 2.75) is 12.8 Å². The number of hydrogen-bond donors (Lipinski definition) is 0. The SMILES string of the molecule is N#CCCN(CCC#N)C(=O)COC(=O)c1cc([N+](=O)[O-])ccc1Cl. The van der Waals surface area contributed by atoms with Gasteiger partial charge in [0.05, 0.1) is 40.5 Å². The first-order chi connectivity index (χ1) is 11.9. The van der Waals surface area contributed by atoms with Crippen molar-refractivity contribution in [3.8, 4) is 12.1 Å². The normalized spacial score (nSPS) is 9.56. The van der Waals surface area contributed by atoms with Crippen LogP contribution in [0.1, 0.15) is 23.2 Å². The van der Waals surface area contributed by atoms with Gasteiger partial charge in [0, 0.05) is 25.2 Å². The van der Waals surface area contributed by atoms with E-state index < -0.39 is 23.4 Å². The van der Waals surface area contributed by atoms with Gasteiger partial charge in [-0.2, -0.15) is 10.5 Å². The Hall–Kier alpha value is -3.17. The van der Waals surface area contributed by atoms with Gasteiger partial charge in [0.15, 0.2) is 6.61 Å². The van der Waals surface area contributed by atoms with Crippen LogP contribution in [0.2, 0.25) is 5.02 Å². The van der Waals surface area contributed by atoms with Gasteiger partial charge in [-0.15, -0.1) is 0 Å². The molecule has 0 radical (unpaired) electrons. The summed E-state index contributed by atoms with van der Waals surface area (Å²) in [6.45, 7) is -0.424. The molecule has 0 saturated carbocycles. The van der Waals surface area contributed by atoms with E-state index in [0.717, 1.165) is 12.1 Å². The number of carbonyl (C=O) groups excluding carboxylic acids is 2. The van der Waals surface area contributed by atoms with Crippen molar-refractivity contribution in [1.82, 2.24) is 4.90 Å². The lowest BCUT2D eigenvalue weighted by molar-refractivity contribution is -0.384. The van der Waals surface area contributed by atoms with Crippen LogP contribution in [0.3, 0.4) is 0 Å². The Labute approximate surface area is 148 Å². The maximum atomic E-state index is 12.0. The molecule has 0 atom stereocenters. The van der Waals surface area contributed by atoms with E-state index in [9.17, 15) is 19.7 Å². The smallest absolute Gasteiger partial charge is 0.340 e. The van der Waals surface area contributed by atoms with Crippen LogP contribution >= 0.6 is 11.6 Å². The molecule has 0 unspecified atom stereocenters. The lowest BCUT2D eigenvalue weighted by Gasteiger charge is -2.20. The predicted octanol–water partition coefficient (Wildman–Crippen LogP) is 2.06. The number of hydrogen-bond acceptors (Lipinski definition) is 7. The van der Waals surface area contributed by atoms with Crippen molar-refractivity contribution in [2.75, 3.05) is 19.7 Å². The topological polar surface area (TPSA) is 137 Å². The molecule has 0 saturated heterocycles. The number of amides is 1. The zero-order chi connectivity index (χ0) is 18.8. The van der Waals surface area contributed by atoms with Gasteiger partial charge in [-0.1, -0.05) is 11.6 Å². The molecule has 25 heavy (non-hydrogen) atoms. The third-order valence-electron chi connectivity index (χ3n) is 3.05. The molecule has 1 aromatic carbocycles. The summed E-state index contributed by atoms with van der Waals surface area (Å²) in [7, 11) is 0. The molecule has 10 heteroatoms. The lowest BCUT2D eigenvalue weighted by Crippen LogP contribution is -2.36. The van der Waals surface area contributed by atoms with Crippen LogP contribution < -0.4 is 0 Å². The highest BCUT2D eigenvalue weighted by molar-refractivity contribution is 6.33. The zero-order valence-electron chi connectivity index (χ0n) is 13.0. The predicted molar refractivity (Wildman–Crippen MR) is 85.4 cm³/mol. The van der Waals surface area contributed by atoms with E-state index in [2.05, 4.69) is 0 Å². The number of nitrogens with zero attached hydrogens (tertiary/aromatic N) is 4. The van der Waals surface area contributed by atoms with E-state index in [1.165, 1.54) is 11.0 Å². The summed E-state index contributed by atoms with van der Waals surface area (Å²) in [5.74, 6) is -1.57. The lowest BCUT2D eigenvalue weighted by atomic mass is 10.2. The van der Waals surface area contributed by atoms with Crippen LogP contribution in [0.15, 0.2) is 18.2 Å². The first-order valence-electron chi connectivity index (χ1n) is 7.03. The second kappa shape index (κ2) is 9.85. The zero-order valence-corrected chi connectivity index (χ0v) is 13.7. The van der Waals surface area contributed by atoms with Gasteiger partial charge in [0.2, 0.25) is 0 Å². The highest BCUT2D eigenvalue weighted by atomic mass is 35.5. The molecule has 0 bridgehead atoms. The molecule has 130 valence electrons. The molecule has 1 amide bonds. The largest absolute Gasteiger partial charge is 0.452 e. The van der Waals surface area contributed by atoms with E-state index in [1.807, 2.05) is 12.1 Å². The fourth-order valence-corrected chi connectivity index (χ4v) is 2.01. The maximum absolute atomic E-state index is 12.0. The summed E-state index contributed by atoms with van der Waals surface area (Å²) in [6, 6.07) is 7.03. The molecule has 0 N–H and O–H groups in total. The minimum Gasteiger partial charge on any atom is -0.452 e. The Balaban J connectivity index is 2.75. The molecule has 0 fully saturated rings. The van der Waals surface area contributed by atoms with E-state index in [-0.39, 0.29) is 42.2 Å². The molecule has 1 rings (SSSR count). The van der Waals surface area contributed by atoms with Crippen molar-refractivity contribution in [3.05, 3.63) is 38.9 Å². The van der Waals surface area contributed by atoms with Gasteiger partial charge in [-0.25, -0.2) is 4.79 Å². The summed E-state index contributed by atoms with van der Waals surface area (Å²) in [4.78, 5) is 35.3. The van der Waals surface area contributed by atoms with Gasteiger partial charge >= 0.3 is 5.97 Å². The average molecular weight is 365 g/mol. The molecular formula is C15H13ClN4O5. The summed E-state index contributed by atoms with van der Waals surface area (Å²) in [5, 5.41) is 27.9. The standard InChI is InChI=1S/C15H13ClN4O5/c16-13-4-3-11(20(23)24)9-12(13)15(22)25-10-14(21)19(7-1-5-17)8-2-6-18/h3-4,9H,1-2,7-8,10H2. The maximum Gasteiger partial charge on any atom is 0.340 e. The van der Waals surface area contributed by atoms with E-state index >= 15 is 0 Å². The molecule has 0 aromatic heterocycles. The molecule has 0 aliphatic carbocycles. The van der Waals surface area contributed by atoms with Crippen molar-refractivity contribution >= 4 is 29.2 Å². The van der Waals surface area contributed by atoms with Crippen LogP contribution in [-0.4, -0.2) is 41.4 Å². The second-order valence-electron chi connectivity index (χ2n) is 4.69. The molecule has 0 heterocycles. The molecule has 9 nitrogen and oxygen atoms in total. The molecular weight excluding hydrogens is 352 g/mol. The van der Waals surface area contributed by atoms with Crippen molar-refractivity contribution < 1.29 is 19.2 Å². The van der Waals surface area contributed by atoms with Crippen molar-refractivity contribution in [3.63, 3.8) is 0 Å². The number of ether oxygens (including phenoxy) is 1. The number of halogens is 1. The monoisotopic (exact) mass is 364 g/mol. The Kier molecular flexibility index (Phi) is 7.83. The number of carbonyl (C=O) groups is 2.